The van der Waals surface area contributed by atoms with E-state index >= 15 is 0 Å². The maximum atomic E-state index is 12.5. The number of aldehydes is 1. The zero-order chi connectivity index (χ0) is 10.0. The van der Waals surface area contributed by atoms with Crippen molar-refractivity contribution in [2.75, 3.05) is 0 Å². The minimum Gasteiger partial charge on any atom is -0.298 e. The van der Waals surface area contributed by atoms with Gasteiger partial charge in [0.2, 0.25) is 0 Å². The van der Waals surface area contributed by atoms with Crippen LogP contribution in [0.25, 0.3) is 0 Å². The van der Waals surface area contributed by atoms with Crippen molar-refractivity contribution in [1.82, 2.24) is 4.98 Å². The van der Waals surface area contributed by atoms with Crippen molar-refractivity contribution < 1.29 is 13.6 Å². The molecule has 0 amide bonds. The average Bonchev–Trinajstić information content (AvgIpc) is 2.08. The molecule has 0 fully saturated rings. The number of hydrogen-bond donors (Lipinski definition) is 0. The summed E-state index contributed by atoms with van der Waals surface area (Å²) in [6.07, 6.45) is -1.06. The number of pyridine rings is 1. The molecule has 0 unspecified atom stereocenters. The highest BCUT2D eigenvalue weighted by atomic mass is 127. The second-order valence-corrected chi connectivity index (χ2v) is 3.52. The van der Waals surface area contributed by atoms with Gasteiger partial charge in [-0.2, -0.15) is 0 Å². The predicted octanol–water partition coefficient (Wildman–Crippen LogP) is 2.74. The number of nitrogens with zero attached hydrogens (tertiary/aromatic N) is 1. The lowest BCUT2D eigenvalue weighted by Crippen LogP contribution is -2.01. The van der Waals surface area contributed by atoms with Crippen molar-refractivity contribution in [3.63, 3.8) is 0 Å². The Kier molecular flexibility index (Phi) is 3.29. The van der Waals surface area contributed by atoms with Crippen LogP contribution in [0.4, 0.5) is 8.78 Å². The van der Waals surface area contributed by atoms with Gasteiger partial charge in [-0.25, -0.2) is 8.78 Å². The summed E-state index contributed by atoms with van der Waals surface area (Å²) < 4.78 is 25.3. The summed E-state index contributed by atoms with van der Waals surface area (Å²) in [5, 5.41) is 0. The first kappa shape index (κ1) is 10.5. The van der Waals surface area contributed by atoms with Gasteiger partial charge in [-0.3, -0.25) is 9.78 Å². The van der Waals surface area contributed by atoms with Crippen molar-refractivity contribution in [2.45, 2.75) is 13.3 Å². The molecule has 0 N–H and O–H groups in total. The quantitative estimate of drug-likeness (QED) is 0.620. The van der Waals surface area contributed by atoms with Gasteiger partial charge in [0.25, 0.3) is 6.43 Å². The minimum absolute atomic E-state index is 0.0370. The summed E-state index contributed by atoms with van der Waals surface area (Å²) in [5.41, 5.74) is 0.259. The molecular formula is C8H6F2INO. The smallest absolute Gasteiger partial charge is 0.265 e. The number of aromatic nitrogens is 1. The highest BCUT2D eigenvalue weighted by molar-refractivity contribution is 14.1. The largest absolute Gasteiger partial charge is 0.298 e. The van der Waals surface area contributed by atoms with E-state index < -0.39 is 6.43 Å². The summed E-state index contributed by atoms with van der Waals surface area (Å²) in [6, 6.07) is 0. The van der Waals surface area contributed by atoms with Crippen LogP contribution in [0.3, 0.4) is 0 Å². The van der Waals surface area contributed by atoms with Crippen LogP contribution in [0, 0.1) is 10.5 Å². The lowest BCUT2D eigenvalue weighted by atomic mass is 10.1. The Hall–Kier alpha value is -0.590. The second kappa shape index (κ2) is 4.08. The highest BCUT2D eigenvalue weighted by Crippen LogP contribution is 2.28. The first-order chi connectivity index (χ1) is 6.07. The predicted molar refractivity (Wildman–Crippen MR) is 52.0 cm³/mol. The molecule has 0 spiro atoms. The van der Waals surface area contributed by atoms with Crippen molar-refractivity contribution >= 4 is 28.9 Å². The third kappa shape index (κ3) is 2.01. The van der Waals surface area contributed by atoms with Crippen molar-refractivity contribution in [3.05, 3.63) is 26.6 Å². The molecule has 5 heteroatoms. The Morgan fingerprint density at radius 3 is 2.69 bits per heavy atom. The van der Waals surface area contributed by atoms with Gasteiger partial charge in [-0.05, 0) is 29.5 Å². The molecule has 13 heavy (non-hydrogen) atoms. The van der Waals surface area contributed by atoms with E-state index in [0.717, 1.165) is 0 Å². The molecule has 0 aromatic carbocycles. The fraction of sp³-hybridized carbons (Fsp3) is 0.250. The zero-order valence-electron chi connectivity index (χ0n) is 6.72. The van der Waals surface area contributed by atoms with Gasteiger partial charge in [-0.1, -0.05) is 0 Å². The Balaban J connectivity index is 3.41. The van der Waals surface area contributed by atoms with Gasteiger partial charge in [0.15, 0.2) is 6.29 Å². The molecule has 70 valence electrons. The number of carbonyl (C=O) groups is 1. The Morgan fingerprint density at radius 1 is 1.62 bits per heavy atom. The van der Waals surface area contributed by atoms with Crippen LogP contribution in [0.2, 0.25) is 0 Å². The van der Waals surface area contributed by atoms with E-state index in [1.54, 1.807) is 29.5 Å². The van der Waals surface area contributed by atoms with Crippen molar-refractivity contribution in [3.8, 4) is 0 Å². The first-order valence-electron chi connectivity index (χ1n) is 3.46. The summed E-state index contributed by atoms with van der Waals surface area (Å²) in [5.74, 6) is 0. The van der Waals surface area contributed by atoms with E-state index in [-0.39, 0.29) is 11.1 Å². The fourth-order valence-electron chi connectivity index (χ4n) is 0.930. The standard InChI is InChI=1S/C8H6F2INO/c1-4-7(11)6(8(9)10)5(3-13)2-12-4/h2-3,8H,1H3. The second-order valence-electron chi connectivity index (χ2n) is 2.45. The molecule has 2 nitrogen and oxygen atoms in total. The zero-order valence-corrected chi connectivity index (χ0v) is 8.88. The molecule has 1 aromatic heterocycles. The van der Waals surface area contributed by atoms with E-state index in [2.05, 4.69) is 4.98 Å². The summed E-state index contributed by atoms with van der Waals surface area (Å²) >= 11 is 1.77. The van der Waals surface area contributed by atoms with Crippen LogP contribution in [0.15, 0.2) is 6.20 Å². The van der Waals surface area contributed by atoms with Crippen LogP contribution in [0.1, 0.15) is 28.0 Å². The number of carbonyl (C=O) groups excluding carboxylic acids is 1. The molecule has 0 bridgehead atoms. The van der Waals surface area contributed by atoms with Crippen LogP contribution in [0.5, 0.6) is 0 Å². The van der Waals surface area contributed by atoms with Crippen LogP contribution in [-0.2, 0) is 0 Å². The summed E-state index contributed by atoms with van der Waals surface area (Å²) in [4.78, 5) is 14.2. The lowest BCUT2D eigenvalue weighted by molar-refractivity contribution is 0.110. The first-order valence-corrected chi connectivity index (χ1v) is 4.54. The topological polar surface area (TPSA) is 30.0 Å². The third-order valence-corrected chi connectivity index (χ3v) is 2.97. The van der Waals surface area contributed by atoms with Gasteiger partial charge >= 0.3 is 0 Å². The van der Waals surface area contributed by atoms with Gasteiger partial charge in [0.05, 0.1) is 5.69 Å². The van der Waals surface area contributed by atoms with Crippen molar-refractivity contribution in [1.29, 1.82) is 0 Å². The summed E-state index contributed by atoms with van der Waals surface area (Å²) in [6.45, 7) is 1.63. The molecule has 0 aliphatic carbocycles. The Bertz CT molecular complexity index is 341. The number of hydrogen-bond acceptors (Lipinski definition) is 2. The number of rotatable bonds is 2. The molecule has 0 atom stereocenters. The number of alkyl halides is 2. The molecule has 0 aliphatic heterocycles. The maximum absolute atomic E-state index is 12.5. The molecule has 0 saturated carbocycles. The molecule has 1 heterocycles. The number of aryl methyl sites for hydroxylation is 1. The number of halogens is 3. The van der Waals surface area contributed by atoms with Crippen LogP contribution >= 0.6 is 22.6 Å². The van der Waals surface area contributed by atoms with Crippen LogP contribution < -0.4 is 0 Å². The normalized spacial score (nSPS) is 10.5. The molecule has 0 aliphatic rings. The summed E-state index contributed by atoms with van der Waals surface area (Å²) in [7, 11) is 0. The molecule has 0 radical (unpaired) electrons. The van der Waals surface area contributed by atoms with Crippen molar-refractivity contribution in [2.24, 2.45) is 0 Å². The van der Waals surface area contributed by atoms with Gasteiger partial charge in [-0.15, -0.1) is 0 Å². The maximum Gasteiger partial charge on any atom is 0.265 e. The average molecular weight is 297 g/mol. The van der Waals surface area contributed by atoms with E-state index in [1.165, 1.54) is 6.20 Å². The Labute approximate surface area is 87.5 Å². The third-order valence-electron chi connectivity index (χ3n) is 1.61. The SMILES string of the molecule is Cc1ncc(C=O)c(C(F)F)c1I. The molecule has 0 saturated heterocycles. The molecule has 1 rings (SSSR count). The van der Waals surface area contributed by atoms with E-state index in [0.29, 0.717) is 15.6 Å². The highest BCUT2D eigenvalue weighted by Gasteiger charge is 2.18. The monoisotopic (exact) mass is 297 g/mol. The van der Waals surface area contributed by atoms with E-state index in [1.807, 2.05) is 0 Å². The minimum atomic E-state index is -2.63. The Morgan fingerprint density at radius 2 is 2.23 bits per heavy atom. The van der Waals surface area contributed by atoms with E-state index in [4.69, 9.17) is 0 Å². The van der Waals surface area contributed by atoms with Gasteiger partial charge in [0, 0.05) is 20.9 Å². The lowest BCUT2D eigenvalue weighted by Gasteiger charge is -2.07. The molecule has 1 aromatic rings. The molecular weight excluding hydrogens is 291 g/mol. The van der Waals surface area contributed by atoms with Gasteiger partial charge < -0.3 is 0 Å². The fourth-order valence-corrected chi connectivity index (χ4v) is 1.62. The van der Waals surface area contributed by atoms with Crippen LogP contribution in [-0.4, -0.2) is 11.3 Å². The van der Waals surface area contributed by atoms with E-state index in [9.17, 15) is 13.6 Å². The van der Waals surface area contributed by atoms with Gasteiger partial charge in [0.1, 0.15) is 0 Å².